The van der Waals surface area contributed by atoms with Crippen LogP contribution in [-0.4, -0.2) is 24.9 Å². The fraction of sp³-hybridized carbons (Fsp3) is 0.538. The van der Waals surface area contributed by atoms with Gasteiger partial charge in [-0.2, -0.15) is 0 Å². The first-order chi connectivity index (χ1) is 8.19. The van der Waals surface area contributed by atoms with Gasteiger partial charge in [0, 0.05) is 29.8 Å². The van der Waals surface area contributed by atoms with Gasteiger partial charge < -0.3 is 15.2 Å². The van der Waals surface area contributed by atoms with E-state index >= 15 is 0 Å². The van der Waals surface area contributed by atoms with Crippen molar-refractivity contribution in [3.8, 4) is 5.75 Å². The van der Waals surface area contributed by atoms with Gasteiger partial charge in [-0.25, -0.2) is 0 Å². The second-order valence-electron chi connectivity index (χ2n) is 4.07. The number of rotatable bonds is 7. The second-order valence-corrected chi connectivity index (χ2v) is 4.48. The minimum atomic E-state index is 0.238. The standard InChI is InChI=1S/C13H20ClNO2/c1-10(5-4-8-16)15-9-11-12(14)6-3-7-13(11)17-2/h3,6-7,10,15-16H,4-5,8-9H2,1-2H3. The predicted molar refractivity (Wildman–Crippen MR) is 70.6 cm³/mol. The lowest BCUT2D eigenvalue weighted by molar-refractivity contribution is 0.276. The van der Waals surface area contributed by atoms with E-state index in [0.29, 0.717) is 17.6 Å². The second kappa shape index (κ2) is 7.54. The monoisotopic (exact) mass is 257 g/mol. The van der Waals surface area contributed by atoms with E-state index < -0.39 is 0 Å². The van der Waals surface area contributed by atoms with Gasteiger partial charge in [0.15, 0.2) is 0 Å². The number of nitrogens with one attached hydrogen (secondary N) is 1. The molecule has 1 rings (SSSR count). The Labute approximate surface area is 108 Å². The lowest BCUT2D eigenvalue weighted by Crippen LogP contribution is -2.26. The first-order valence-corrected chi connectivity index (χ1v) is 6.22. The molecule has 0 aliphatic heterocycles. The van der Waals surface area contributed by atoms with Crippen LogP contribution in [0.25, 0.3) is 0 Å². The van der Waals surface area contributed by atoms with Crippen molar-refractivity contribution >= 4 is 11.6 Å². The fourth-order valence-electron chi connectivity index (χ4n) is 1.68. The van der Waals surface area contributed by atoms with Crippen LogP contribution in [0.4, 0.5) is 0 Å². The van der Waals surface area contributed by atoms with Crippen LogP contribution < -0.4 is 10.1 Å². The third-order valence-electron chi connectivity index (χ3n) is 2.72. The molecule has 1 aromatic rings. The topological polar surface area (TPSA) is 41.5 Å². The van der Waals surface area contributed by atoms with Crippen LogP contribution in [0.15, 0.2) is 18.2 Å². The molecule has 0 saturated carbocycles. The predicted octanol–water partition coefficient (Wildman–Crippen LogP) is 2.60. The van der Waals surface area contributed by atoms with E-state index in [4.69, 9.17) is 21.4 Å². The molecule has 96 valence electrons. The van der Waals surface area contributed by atoms with Crippen LogP contribution >= 0.6 is 11.6 Å². The number of hydrogen-bond acceptors (Lipinski definition) is 3. The molecule has 2 N–H and O–H groups in total. The largest absolute Gasteiger partial charge is 0.496 e. The van der Waals surface area contributed by atoms with Gasteiger partial charge >= 0.3 is 0 Å². The molecule has 0 aromatic heterocycles. The van der Waals surface area contributed by atoms with Crippen molar-refractivity contribution in [2.45, 2.75) is 32.4 Å². The molecule has 0 amide bonds. The minimum Gasteiger partial charge on any atom is -0.496 e. The van der Waals surface area contributed by atoms with Crippen LogP contribution in [-0.2, 0) is 6.54 Å². The zero-order valence-electron chi connectivity index (χ0n) is 10.4. The number of halogens is 1. The Bertz CT molecular complexity index is 344. The SMILES string of the molecule is COc1cccc(Cl)c1CNC(C)CCCO. The van der Waals surface area contributed by atoms with Gasteiger partial charge in [0.2, 0.25) is 0 Å². The number of aliphatic hydroxyl groups excluding tert-OH is 1. The molecule has 0 radical (unpaired) electrons. The summed E-state index contributed by atoms with van der Waals surface area (Å²) >= 11 is 6.14. The Morgan fingerprint density at radius 1 is 1.47 bits per heavy atom. The maximum absolute atomic E-state index is 8.76. The van der Waals surface area contributed by atoms with E-state index in [1.54, 1.807) is 7.11 Å². The van der Waals surface area contributed by atoms with Crippen molar-refractivity contribution in [3.05, 3.63) is 28.8 Å². The maximum Gasteiger partial charge on any atom is 0.124 e. The highest BCUT2D eigenvalue weighted by atomic mass is 35.5. The molecule has 1 atom stereocenters. The van der Waals surface area contributed by atoms with Crippen molar-refractivity contribution in [2.75, 3.05) is 13.7 Å². The van der Waals surface area contributed by atoms with Gasteiger partial charge in [0.05, 0.1) is 7.11 Å². The minimum absolute atomic E-state index is 0.238. The zero-order valence-corrected chi connectivity index (χ0v) is 11.1. The summed E-state index contributed by atoms with van der Waals surface area (Å²) in [6.45, 7) is 3.01. The summed E-state index contributed by atoms with van der Waals surface area (Å²) in [6, 6.07) is 5.99. The molecule has 3 nitrogen and oxygen atoms in total. The van der Waals surface area contributed by atoms with Crippen LogP contribution in [0.5, 0.6) is 5.75 Å². The molecule has 0 spiro atoms. The Balaban J connectivity index is 2.56. The lowest BCUT2D eigenvalue weighted by Gasteiger charge is -2.15. The normalized spacial score (nSPS) is 12.5. The van der Waals surface area contributed by atoms with Crippen molar-refractivity contribution in [3.63, 3.8) is 0 Å². The highest BCUT2D eigenvalue weighted by Crippen LogP contribution is 2.26. The number of hydrogen-bond donors (Lipinski definition) is 2. The molecule has 4 heteroatoms. The summed E-state index contributed by atoms with van der Waals surface area (Å²) in [5, 5.41) is 12.8. The third-order valence-corrected chi connectivity index (χ3v) is 3.07. The van der Waals surface area contributed by atoms with Crippen molar-refractivity contribution < 1.29 is 9.84 Å². The Hall–Kier alpha value is -0.770. The molecule has 17 heavy (non-hydrogen) atoms. The smallest absolute Gasteiger partial charge is 0.124 e. The van der Waals surface area contributed by atoms with Crippen LogP contribution in [0, 0.1) is 0 Å². The zero-order chi connectivity index (χ0) is 12.7. The van der Waals surface area contributed by atoms with Gasteiger partial charge in [0.25, 0.3) is 0 Å². The van der Waals surface area contributed by atoms with E-state index in [2.05, 4.69) is 12.2 Å². The van der Waals surface area contributed by atoms with Crippen LogP contribution in [0.2, 0.25) is 5.02 Å². The summed E-state index contributed by atoms with van der Waals surface area (Å²) in [6.07, 6.45) is 1.76. The van der Waals surface area contributed by atoms with Crippen LogP contribution in [0.3, 0.4) is 0 Å². The third kappa shape index (κ3) is 4.54. The Kier molecular flexibility index (Phi) is 6.34. The van der Waals surface area contributed by atoms with E-state index in [1.165, 1.54) is 0 Å². The van der Waals surface area contributed by atoms with Gasteiger partial charge in [0.1, 0.15) is 5.75 Å². The highest BCUT2D eigenvalue weighted by Gasteiger charge is 2.08. The Morgan fingerprint density at radius 2 is 2.24 bits per heavy atom. The van der Waals surface area contributed by atoms with E-state index in [0.717, 1.165) is 24.2 Å². The van der Waals surface area contributed by atoms with Gasteiger partial charge in [-0.1, -0.05) is 17.7 Å². The van der Waals surface area contributed by atoms with E-state index in [1.807, 2.05) is 18.2 Å². The maximum atomic E-state index is 8.76. The summed E-state index contributed by atoms with van der Waals surface area (Å²) in [5.41, 5.74) is 0.979. The number of benzene rings is 1. The molecule has 0 saturated heterocycles. The fourth-order valence-corrected chi connectivity index (χ4v) is 1.91. The van der Waals surface area contributed by atoms with Gasteiger partial charge in [-0.05, 0) is 31.9 Å². The molecule has 0 heterocycles. The molecule has 0 fully saturated rings. The average molecular weight is 258 g/mol. The first-order valence-electron chi connectivity index (χ1n) is 5.84. The number of aliphatic hydroxyl groups is 1. The highest BCUT2D eigenvalue weighted by molar-refractivity contribution is 6.31. The molecule has 1 unspecified atom stereocenters. The van der Waals surface area contributed by atoms with E-state index in [-0.39, 0.29) is 6.61 Å². The summed E-state index contributed by atoms with van der Waals surface area (Å²) < 4.78 is 5.28. The van der Waals surface area contributed by atoms with Crippen molar-refractivity contribution in [1.29, 1.82) is 0 Å². The van der Waals surface area contributed by atoms with Gasteiger partial charge in [-0.15, -0.1) is 0 Å². The number of ether oxygens (including phenoxy) is 1. The summed E-state index contributed by atoms with van der Waals surface area (Å²) in [4.78, 5) is 0. The van der Waals surface area contributed by atoms with Crippen molar-refractivity contribution in [1.82, 2.24) is 5.32 Å². The molecular weight excluding hydrogens is 238 g/mol. The first kappa shape index (κ1) is 14.3. The molecule has 0 aliphatic carbocycles. The van der Waals surface area contributed by atoms with Crippen LogP contribution in [0.1, 0.15) is 25.3 Å². The number of methoxy groups -OCH3 is 1. The molecule has 1 aromatic carbocycles. The van der Waals surface area contributed by atoms with Crippen molar-refractivity contribution in [2.24, 2.45) is 0 Å². The van der Waals surface area contributed by atoms with Gasteiger partial charge in [-0.3, -0.25) is 0 Å². The summed E-state index contributed by atoms with van der Waals surface area (Å²) in [7, 11) is 1.64. The summed E-state index contributed by atoms with van der Waals surface area (Å²) in [5.74, 6) is 0.805. The molecular formula is C13H20ClNO2. The quantitative estimate of drug-likeness (QED) is 0.789. The van der Waals surface area contributed by atoms with E-state index in [9.17, 15) is 0 Å². The molecule has 0 aliphatic rings. The molecule has 0 bridgehead atoms. The average Bonchev–Trinajstić information content (AvgIpc) is 2.34. The Morgan fingerprint density at radius 3 is 2.88 bits per heavy atom. The lowest BCUT2D eigenvalue weighted by atomic mass is 10.1.